The van der Waals surface area contributed by atoms with E-state index in [0.29, 0.717) is 45.8 Å². The number of nitrogens with zero attached hydrogens (tertiary/aromatic N) is 7. The zero-order chi connectivity index (χ0) is 28.6. The summed E-state index contributed by atoms with van der Waals surface area (Å²) in [5, 5.41) is 20.9. The number of hydrogen-bond donors (Lipinski definition) is 3. The molecule has 1 amide bonds. The number of carbonyl (C=O) groups is 1. The first-order valence-electron chi connectivity index (χ1n) is 13.0. The minimum absolute atomic E-state index is 0.119. The van der Waals surface area contributed by atoms with E-state index in [4.69, 9.17) is 4.52 Å². The van der Waals surface area contributed by atoms with Crippen LogP contribution in [0.25, 0.3) is 23.0 Å². The second-order valence-corrected chi connectivity index (χ2v) is 10.0. The van der Waals surface area contributed by atoms with E-state index < -0.39 is 11.6 Å². The van der Waals surface area contributed by atoms with Gasteiger partial charge in [0, 0.05) is 31.7 Å². The molecule has 3 N–H and O–H groups in total. The Hall–Kier alpha value is -5.23. The third-order valence-corrected chi connectivity index (χ3v) is 7.15. The molecule has 12 nitrogen and oxygen atoms in total. The maximum Gasteiger partial charge on any atom is 0.261 e. The van der Waals surface area contributed by atoms with Crippen molar-refractivity contribution in [1.82, 2.24) is 35.0 Å². The highest BCUT2D eigenvalue weighted by molar-refractivity contribution is 5.99. The van der Waals surface area contributed by atoms with Crippen LogP contribution >= 0.6 is 0 Å². The van der Waals surface area contributed by atoms with Crippen LogP contribution in [0.1, 0.15) is 41.5 Å². The Balaban J connectivity index is 1.36. The first-order chi connectivity index (χ1) is 19.8. The lowest BCUT2D eigenvalue weighted by Crippen LogP contribution is -2.35. The van der Waals surface area contributed by atoms with Crippen LogP contribution in [0.5, 0.6) is 0 Å². The van der Waals surface area contributed by atoms with Gasteiger partial charge in [0.2, 0.25) is 11.8 Å². The molecule has 0 spiro atoms. The summed E-state index contributed by atoms with van der Waals surface area (Å²) in [4.78, 5) is 36.6. The normalized spacial score (nSPS) is 14.5. The number of aliphatic hydroxyl groups is 1. The lowest BCUT2D eigenvalue weighted by Gasteiger charge is -2.27. The Morgan fingerprint density at radius 2 is 1.78 bits per heavy atom. The third kappa shape index (κ3) is 4.85. The van der Waals surface area contributed by atoms with Gasteiger partial charge in [-0.3, -0.25) is 9.78 Å². The van der Waals surface area contributed by atoms with Crippen LogP contribution in [0.4, 0.5) is 17.5 Å². The molecular formula is C29H27N9O3. The zero-order valence-corrected chi connectivity index (χ0v) is 22.6. The molecule has 0 bridgehead atoms. The Bertz CT molecular complexity index is 1710. The van der Waals surface area contributed by atoms with Gasteiger partial charge in [-0.05, 0) is 31.5 Å². The Morgan fingerprint density at radius 1 is 1.00 bits per heavy atom. The minimum Gasteiger partial charge on any atom is -0.394 e. The van der Waals surface area contributed by atoms with Gasteiger partial charge in [-0.1, -0.05) is 41.6 Å². The molecule has 5 heterocycles. The van der Waals surface area contributed by atoms with Gasteiger partial charge >= 0.3 is 0 Å². The summed E-state index contributed by atoms with van der Waals surface area (Å²) >= 11 is 0. The topological polar surface area (TPSA) is 155 Å². The Labute approximate surface area is 235 Å². The van der Waals surface area contributed by atoms with Crippen molar-refractivity contribution in [1.29, 1.82) is 0 Å². The van der Waals surface area contributed by atoms with Crippen molar-refractivity contribution in [3.63, 3.8) is 0 Å². The van der Waals surface area contributed by atoms with Gasteiger partial charge in [0.25, 0.3) is 11.8 Å². The van der Waals surface area contributed by atoms with E-state index >= 15 is 0 Å². The van der Waals surface area contributed by atoms with Crippen LogP contribution in [-0.2, 0) is 5.54 Å². The number of benzene rings is 1. The molecule has 0 aliphatic carbocycles. The molecule has 0 unspecified atom stereocenters. The van der Waals surface area contributed by atoms with Gasteiger partial charge in [0.1, 0.15) is 11.5 Å². The van der Waals surface area contributed by atoms with E-state index in [1.165, 1.54) is 6.20 Å². The van der Waals surface area contributed by atoms with Gasteiger partial charge in [-0.2, -0.15) is 4.98 Å². The standard InChI is InChI=1S/C29H27N9O3/c1-29(2)24-19(27(40)38(29)3)15-32-28(35-24)34-23-13-21(33-22(16-39)17-9-5-4-6-10-17)18(14-31-23)26-36-25(37-41-26)20-11-7-8-12-30-20/h4-15,22,39H,16H2,1-3H3,(H2,31,32,33,34,35)/t22-/m1/s1. The van der Waals surface area contributed by atoms with Crippen LogP contribution in [0, 0.1) is 0 Å². The van der Waals surface area contributed by atoms with Crippen molar-refractivity contribution in [2.24, 2.45) is 0 Å². The predicted octanol–water partition coefficient (Wildman–Crippen LogP) is 4.19. The molecule has 1 atom stereocenters. The summed E-state index contributed by atoms with van der Waals surface area (Å²) in [6.45, 7) is 3.71. The quantitative estimate of drug-likeness (QED) is 0.255. The van der Waals surface area contributed by atoms with E-state index in [9.17, 15) is 9.90 Å². The molecule has 6 rings (SSSR count). The number of pyridine rings is 2. The summed E-state index contributed by atoms with van der Waals surface area (Å²) in [6.07, 6.45) is 4.77. The van der Waals surface area contributed by atoms with Crippen LogP contribution in [0.15, 0.2) is 77.7 Å². The van der Waals surface area contributed by atoms with Crippen LogP contribution in [-0.4, -0.2) is 59.6 Å². The van der Waals surface area contributed by atoms with Crippen LogP contribution in [0.2, 0.25) is 0 Å². The zero-order valence-electron chi connectivity index (χ0n) is 22.6. The molecular weight excluding hydrogens is 522 g/mol. The SMILES string of the molecule is CN1C(=O)c2cnc(Nc3cc(N[C@H](CO)c4ccccc4)c(-c4nc(-c5ccccn5)no4)cn3)nc2C1(C)C. The van der Waals surface area contributed by atoms with Gasteiger partial charge in [0.05, 0.1) is 40.7 Å². The first-order valence-corrected chi connectivity index (χ1v) is 13.0. The Kier molecular flexibility index (Phi) is 6.59. The molecule has 41 heavy (non-hydrogen) atoms. The first kappa shape index (κ1) is 26.0. The third-order valence-electron chi connectivity index (χ3n) is 7.15. The summed E-state index contributed by atoms with van der Waals surface area (Å²) in [5.74, 6) is 1.17. The van der Waals surface area contributed by atoms with Crippen LogP contribution < -0.4 is 10.6 Å². The number of amides is 1. The largest absolute Gasteiger partial charge is 0.394 e. The predicted molar refractivity (Wildman–Crippen MR) is 151 cm³/mol. The van der Waals surface area contributed by atoms with Crippen molar-refractivity contribution < 1.29 is 14.4 Å². The number of anilines is 3. The number of rotatable bonds is 8. The second kappa shape index (κ2) is 10.4. The summed E-state index contributed by atoms with van der Waals surface area (Å²) in [5.41, 5.74) is 3.10. The highest BCUT2D eigenvalue weighted by atomic mass is 16.5. The van der Waals surface area contributed by atoms with Crippen molar-refractivity contribution in [2.75, 3.05) is 24.3 Å². The molecule has 206 valence electrons. The van der Waals surface area contributed by atoms with Crippen molar-refractivity contribution >= 4 is 23.4 Å². The molecule has 0 radical (unpaired) electrons. The highest BCUT2D eigenvalue weighted by Gasteiger charge is 2.42. The number of hydrogen-bond acceptors (Lipinski definition) is 11. The molecule has 0 saturated heterocycles. The highest BCUT2D eigenvalue weighted by Crippen LogP contribution is 2.37. The molecule has 12 heteroatoms. The number of carbonyl (C=O) groups excluding carboxylic acids is 1. The number of fused-ring (bicyclic) bond motifs is 1. The molecule has 0 fully saturated rings. The maximum atomic E-state index is 12.6. The lowest BCUT2D eigenvalue weighted by molar-refractivity contribution is 0.0688. The van der Waals surface area contributed by atoms with E-state index in [0.717, 1.165) is 5.56 Å². The van der Waals surface area contributed by atoms with Crippen molar-refractivity contribution in [3.05, 3.63) is 90.0 Å². The number of nitrogens with one attached hydrogen (secondary N) is 2. The minimum atomic E-state index is -0.580. The van der Waals surface area contributed by atoms with Gasteiger partial charge < -0.3 is 25.2 Å². The number of aliphatic hydroxyl groups excluding tert-OH is 1. The van der Waals surface area contributed by atoms with E-state index in [2.05, 4.69) is 40.7 Å². The van der Waals surface area contributed by atoms with Crippen molar-refractivity contribution in [2.45, 2.75) is 25.4 Å². The molecule has 1 aliphatic rings. The summed E-state index contributed by atoms with van der Waals surface area (Å²) in [6, 6.07) is 16.4. The second-order valence-electron chi connectivity index (χ2n) is 10.0. The fourth-order valence-electron chi connectivity index (χ4n) is 4.63. The number of aromatic nitrogens is 6. The maximum absolute atomic E-state index is 12.6. The van der Waals surface area contributed by atoms with E-state index in [1.807, 2.05) is 56.3 Å². The molecule has 4 aromatic heterocycles. The monoisotopic (exact) mass is 549 g/mol. The molecule has 5 aromatic rings. The lowest BCUT2D eigenvalue weighted by atomic mass is 10.0. The fourth-order valence-corrected chi connectivity index (χ4v) is 4.63. The van der Waals surface area contributed by atoms with Crippen molar-refractivity contribution in [3.8, 4) is 23.0 Å². The average Bonchev–Trinajstić information content (AvgIpc) is 3.55. The van der Waals surface area contributed by atoms with Crippen LogP contribution in [0.3, 0.4) is 0 Å². The fraction of sp³-hybridized carbons (Fsp3) is 0.207. The summed E-state index contributed by atoms with van der Waals surface area (Å²) in [7, 11) is 1.75. The molecule has 1 aliphatic heterocycles. The average molecular weight is 550 g/mol. The molecule has 0 saturated carbocycles. The summed E-state index contributed by atoms with van der Waals surface area (Å²) < 4.78 is 5.59. The van der Waals surface area contributed by atoms with Gasteiger partial charge in [0.15, 0.2) is 0 Å². The van der Waals surface area contributed by atoms with Gasteiger partial charge in [-0.15, -0.1) is 0 Å². The molecule has 1 aromatic carbocycles. The smallest absolute Gasteiger partial charge is 0.261 e. The van der Waals surface area contributed by atoms with E-state index in [1.54, 1.807) is 36.5 Å². The van der Waals surface area contributed by atoms with Gasteiger partial charge in [-0.25, -0.2) is 15.0 Å². The van der Waals surface area contributed by atoms with E-state index in [-0.39, 0.29) is 18.4 Å². The Morgan fingerprint density at radius 3 is 2.54 bits per heavy atom.